The lowest BCUT2D eigenvalue weighted by Crippen LogP contribution is -2.41. The Morgan fingerprint density at radius 1 is 1.33 bits per heavy atom. The van der Waals surface area contributed by atoms with E-state index in [4.69, 9.17) is 0 Å². The van der Waals surface area contributed by atoms with Crippen LogP contribution in [0.2, 0.25) is 0 Å². The molecule has 21 heavy (non-hydrogen) atoms. The van der Waals surface area contributed by atoms with Crippen molar-refractivity contribution in [2.45, 2.75) is 33.2 Å². The highest BCUT2D eigenvalue weighted by Crippen LogP contribution is 2.34. The monoisotopic (exact) mass is 290 g/mol. The number of amides is 2. The molecule has 0 bridgehead atoms. The van der Waals surface area contributed by atoms with E-state index in [2.05, 4.69) is 5.32 Å². The minimum Gasteiger partial charge on any atom is -0.481 e. The quantitative estimate of drug-likeness (QED) is 0.894. The van der Waals surface area contributed by atoms with Gasteiger partial charge in [-0.25, -0.2) is 4.79 Å². The third-order valence-corrected chi connectivity index (χ3v) is 4.34. The smallest absolute Gasteiger partial charge is 0.317 e. The van der Waals surface area contributed by atoms with Crippen LogP contribution in [-0.4, -0.2) is 35.1 Å². The Morgan fingerprint density at radius 2 is 2.00 bits per heavy atom. The maximum Gasteiger partial charge on any atom is 0.317 e. The Labute approximate surface area is 125 Å². The van der Waals surface area contributed by atoms with E-state index in [1.807, 2.05) is 38.1 Å². The number of hydrogen-bond donors (Lipinski definition) is 2. The normalized spacial score (nSPS) is 21.3. The second kappa shape index (κ2) is 6.16. The standard InChI is InChI=1S/C16H22N2O3/c1-3-16(14(19)20)8-9-18(11-16)15(21)17-10-13-6-4-12(2)5-7-13/h4-7H,3,8-11H2,1-2H3,(H,17,21)(H,19,20). The molecule has 0 saturated carbocycles. The van der Waals surface area contributed by atoms with E-state index >= 15 is 0 Å². The van der Waals surface area contributed by atoms with E-state index in [0.717, 1.165) is 5.56 Å². The number of nitrogens with zero attached hydrogens (tertiary/aromatic N) is 1. The summed E-state index contributed by atoms with van der Waals surface area (Å²) in [6.07, 6.45) is 1.07. The van der Waals surface area contributed by atoms with E-state index < -0.39 is 11.4 Å². The Balaban J connectivity index is 1.90. The van der Waals surface area contributed by atoms with Crippen molar-refractivity contribution < 1.29 is 14.7 Å². The molecule has 1 unspecified atom stereocenters. The summed E-state index contributed by atoms with van der Waals surface area (Å²) in [4.78, 5) is 25.1. The largest absolute Gasteiger partial charge is 0.481 e. The van der Waals surface area contributed by atoms with Crippen LogP contribution in [0.1, 0.15) is 30.9 Å². The van der Waals surface area contributed by atoms with Crippen molar-refractivity contribution in [3.8, 4) is 0 Å². The number of aryl methyl sites for hydroxylation is 1. The first-order valence-corrected chi connectivity index (χ1v) is 7.28. The Hall–Kier alpha value is -2.04. The second-order valence-electron chi connectivity index (χ2n) is 5.75. The molecular formula is C16H22N2O3. The molecule has 2 N–H and O–H groups in total. The third-order valence-electron chi connectivity index (χ3n) is 4.34. The summed E-state index contributed by atoms with van der Waals surface area (Å²) in [7, 11) is 0. The zero-order valence-electron chi connectivity index (χ0n) is 12.6. The average molecular weight is 290 g/mol. The van der Waals surface area contributed by atoms with Crippen LogP contribution in [0.4, 0.5) is 4.79 Å². The van der Waals surface area contributed by atoms with Crippen LogP contribution in [-0.2, 0) is 11.3 Å². The van der Waals surface area contributed by atoms with Gasteiger partial charge < -0.3 is 15.3 Å². The number of carboxylic acid groups (broad SMARTS) is 1. The Bertz CT molecular complexity index is 527. The number of rotatable bonds is 4. The Kier molecular flexibility index (Phi) is 4.50. The van der Waals surface area contributed by atoms with Crippen molar-refractivity contribution in [1.29, 1.82) is 0 Å². The van der Waals surface area contributed by atoms with Gasteiger partial charge in [-0.2, -0.15) is 0 Å². The molecule has 1 aromatic rings. The summed E-state index contributed by atoms with van der Waals surface area (Å²) in [5.41, 5.74) is 1.44. The van der Waals surface area contributed by atoms with Gasteiger partial charge in [-0.15, -0.1) is 0 Å². The topological polar surface area (TPSA) is 69.6 Å². The van der Waals surface area contributed by atoms with E-state index in [0.29, 0.717) is 32.5 Å². The number of carbonyl (C=O) groups is 2. The summed E-state index contributed by atoms with van der Waals surface area (Å²) in [5, 5.41) is 12.2. The number of urea groups is 1. The number of nitrogens with one attached hydrogen (secondary N) is 1. The third kappa shape index (κ3) is 3.35. The zero-order valence-corrected chi connectivity index (χ0v) is 12.6. The van der Waals surface area contributed by atoms with Crippen LogP contribution in [0, 0.1) is 12.3 Å². The van der Waals surface area contributed by atoms with E-state index in [9.17, 15) is 14.7 Å². The number of likely N-dealkylation sites (tertiary alicyclic amines) is 1. The van der Waals surface area contributed by atoms with Crippen molar-refractivity contribution in [3.63, 3.8) is 0 Å². The average Bonchev–Trinajstić information content (AvgIpc) is 2.92. The van der Waals surface area contributed by atoms with Crippen LogP contribution < -0.4 is 5.32 Å². The lowest BCUT2D eigenvalue weighted by atomic mass is 9.84. The van der Waals surface area contributed by atoms with Gasteiger partial charge in [0.05, 0.1) is 5.41 Å². The number of carboxylic acids is 1. The van der Waals surface area contributed by atoms with Crippen LogP contribution in [0.3, 0.4) is 0 Å². The lowest BCUT2D eigenvalue weighted by molar-refractivity contribution is -0.148. The second-order valence-corrected chi connectivity index (χ2v) is 5.75. The van der Waals surface area contributed by atoms with Gasteiger partial charge in [0.2, 0.25) is 0 Å². The van der Waals surface area contributed by atoms with E-state index in [1.165, 1.54) is 5.56 Å². The lowest BCUT2D eigenvalue weighted by Gasteiger charge is -2.23. The highest BCUT2D eigenvalue weighted by atomic mass is 16.4. The van der Waals surface area contributed by atoms with Gasteiger partial charge in [-0.1, -0.05) is 36.8 Å². The SMILES string of the molecule is CCC1(C(=O)O)CCN(C(=O)NCc2ccc(C)cc2)C1. The first-order valence-electron chi connectivity index (χ1n) is 7.28. The molecule has 1 fully saturated rings. The molecule has 2 rings (SSSR count). The molecule has 1 aliphatic heterocycles. The first-order chi connectivity index (χ1) is 9.97. The van der Waals surface area contributed by atoms with Crippen LogP contribution in [0.5, 0.6) is 0 Å². The van der Waals surface area contributed by atoms with Crippen LogP contribution in [0.25, 0.3) is 0 Å². The van der Waals surface area contributed by atoms with Gasteiger partial charge in [-0.3, -0.25) is 4.79 Å². The molecule has 0 aromatic heterocycles. The van der Waals surface area contributed by atoms with Crippen molar-refractivity contribution in [2.75, 3.05) is 13.1 Å². The van der Waals surface area contributed by atoms with Gasteiger partial charge in [-0.05, 0) is 25.3 Å². The minimum atomic E-state index is -0.807. The molecule has 2 amide bonds. The van der Waals surface area contributed by atoms with Crippen molar-refractivity contribution in [1.82, 2.24) is 10.2 Å². The molecule has 5 heteroatoms. The summed E-state index contributed by atoms with van der Waals surface area (Å²) in [6.45, 7) is 5.13. The Morgan fingerprint density at radius 3 is 2.52 bits per heavy atom. The van der Waals surface area contributed by atoms with Crippen molar-refractivity contribution in [3.05, 3.63) is 35.4 Å². The fourth-order valence-corrected chi connectivity index (χ4v) is 2.66. The summed E-state index contributed by atoms with van der Waals surface area (Å²) in [5.74, 6) is -0.807. The fraction of sp³-hybridized carbons (Fsp3) is 0.500. The first kappa shape index (κ1) is 15.4. The molecule has 1 atom stereocenters. The maximum atomic E-state index is 12.1. The molecule has 0 radical (unpaired) electrons. The molecule has 114 valence electrons. The number of carbonyl (C=O) groups excluding carboxylic acids is 1. The molecular weight excluding hydrogens is 268 g/mol. The van der Waals surface area contributed by atoms with Crippen molar-refractivity contribution in [2.24, 2.45) is 5.41 Å². The highest BCUT2D eigenvalue weighted by Gasteiger charge is 2.44. The zero-order chi connectivity index (χ0) is 15.5. The van der Waals surface area contributed by atoms with Gasteiger partial charge in [0.15, 0.2) is 0 Å². The van der Waals surface area contributed by atoms with Crippen LogP contribution in [0.15, 0.2) is 24.3 Å². The van der Waals surface area contributed by atoms with Crippen molar-refractivity contribution >= 4 is 12.0 Å². The molecule has 0 spiro atoms. The summed E-state index contributed by atoms with van der Waals surface area (Å²) < 4.78 is 0. The molecule has 5 nitrogen and oxygen atoms in total. The molecule has 1 aromatic carbocycles. The number of aliphatic carboxylic acids is 1. The number of hydrogen-bond acceptors (Lipinski definition) is 2. The van der Waals surface area contributed by atoms with E-state index in [1.54, 1.807) is 4.90 Å². The van der Waals surface area contributed by atoms with Gasteiger partial charge >= 0.3 is 12.0 Å². The fourth-order valence-electron chi connectivity index (χ4n) is 2.66. The molecule has 1 saturated heterocycles. The van der Waals surface area contributed by atoms with Gasteiger partial charge in [0.25, 0.3) is 0 Å². The summed E-state index contributed by atoms with van der Waals surface area (Å²) >= 11 is 0. The molecule has 1 heterocycles. The van der Waals surface area contributed by atoms with Gasteiger partial charge in [0.1, 0.15) is 0 Å². The summed E-state index contributed by atoms with van der Waals surface area (Å²) in [6, 6.07) is 7.78. The molecule has 0 aliphatic carbocycles. The minimum absolute atomic E-state index is 0.188. The predicted octanol–water partition coefficient (Wildman–Crippen LogP) is 2.39. The van der Waals surface area contributed by atoms with E-state index in [-0.39, 0.29) is 6.03 Å². The van der Waals surface area contributed by atoms with Gasteiger partial charge in [0, 0.05) is 19.6 Å². The predicted molar refractivity (Wildman–Crippen MR) is 80.0 cm³/mol. The number of benzene rings is 1. The molecule has 1 aliphatic rings. The highest BCUT2D eigenvalue weighted by molar-refractivity contribution is 5.79. The maximum absolute atomic E-state index is 12.1. The van der Waals surface area contributed by atoms with Crippen LogP contribution >= 0.6 is 0 Å².